The Kier molecular flexibility index (Phi) is 4.79. The van der Waals surface area contributed by atoms with Gasteiger partial charge in [-0.05, 0) is 42.0 Å². The van der Waals surface area contributed by atoms with Gasteiger partial charge in [-0.1, -0.05) is 39.7 Å². The summed E-state index contributed by atoms with van der Waals surface area (Å²) in [6.45, 7) is 0.592. The number of hydrogen-bond donors (Lipinski definition) is 1. The van der Waals surface area contributed by atoms with Crippen LogP contribution in [-0.2, 0) is 6.54 Å². The van der Waals surface area contributed by atoms with Gasteiger partial charge in [-0.15, -0.1) is 0 Å². The monoisotopic (exact) mass is 389 g/mol. The molecule has 6 heteroatoms. The average Bonchev–Trinajstić information content (AvgIpc) is 2.95. The number of nitrogens with zero attached hydrogens (tertiary/aromatic N) is 2. The van der Waals surface area contributed by atoms with Crippen LogP contribution in [-0.4, -0.2) is 15.7 Å². The fourth-order valence-corrected chi connectivity index (χ4v) is 2.61. The zero-order valence-electron chi connectivity index (χ0n) is 12.0. The van der Waals surface area contributed by atoms with E-state index in [2.05, 4.69) is 26.3 Å². The molecule has 1 amide bonds. The lowest BCUT2D eigenvalue weighted by Gasteiger charge is -2.04. The third-order valence-corrected chi connectivity index (χ3v) is 3.99. The van der Waals surface area contributed by atoms with E-state index < -0.39 is 0 Å². The highest BCUT2D eigenvalue weighted by Gasteiger charge is 2.08. The Labute approximate surface area is 147 Å². The van der Waals surface area contributed by atoms with Crippen LogP contribution in [0.4, 0.5) is 5.82 Å². The van der Waals surface area contributed by atoms with Crippen molar-refractivity contribution in [2.75, 3.05) is 5.32 Å². The second kappa shape index (κ2) is 6.98. The van der Waals surface area contributed by atoms with Crippen molar-refractivity contribution >= 4 is 39.3 Å². The highest BCUT2D eigenvalue weighted by atomic mass is 79.9. The summed E-state index contributed by atoms with van der Waals surface area (Å²) in [5.74, 6) is 0.324. The first-order valence-electron chi connectivity index (χ1n) is 6.95. The molecule has 3 rings (SSSR count). The molecule has 0 saturated carbocycles. The number of amides is 1. The van der Waals surface area contributed by atoms with Gasteiger partial charge < -0.3 is 5.32 Å². The van der Waals surface area contributed by atoms with Crippen LogP contribution >= 0.6 is 27.5 Å². The van der Waals surface area contributed by atoms with Crippen molar-refractivity contribution in [1.29, 1.82) is 0 Å². The van der Waals surface area contributed by atoms with Crippen LogP contribution in [0.3, 0.4) is 0 Å². The van der Waals surface area contributed by atoms with Crippen molar-refractivity contribution in [3.05, 3.63) is 81.4 Å². The normalized spacial score (nSPS) is 10.5. The van der Waals surface area contributed by atoms with Gasteiger partial charge in [0.05, 0.1) is 6.54 Å². The molecule has 1 aromatic heterocycles. The van der Waals surface area contributed by atoms with Crippen LogP contribution in [0.1, 0.15) is 15.9 Å². The maximum Gasteiger partial charge on any atom is 0.256 e. The van der Waals surface area contributed by atoms with E-state index in [1.54, 1.807) is 22.9 Å². The van der Waals surface area contributed by atoms with E-state index in [-0.39, 0.29) is 5.91 Å². The minimum Gasteiger partial charge on any atom is -0.305 e. The largest absolute Gasteiger partial charge is 0.305 e. The van der Waals surface area contributed by atoms with E-state index in [0.717, 1.165) is 10.0 Å². The smallest absolute Gasteiger partial charge is 0.256 e. The van der Waals surface area contributed by atoms with Gasteiger partial charge in [0.1, 0.15) is 0 Å². The first-order valence-corrected chi connectivity index (χ1v) is 8.12. The van der Waals surface area contributed by atoms with Crippen molar-refractivity contribution in [3.63, 3.8) is 0 Å². The molecule has 2 aromatic carbocycles. The first kappa shape index (κ1) is 15.8. The Morgan fingerprint density at radius 2 is 1.96 bits per heavy atom. The van der Waals surface area contributed by atoms with Gasteiger partial charge in [0.2, 0.25) is 0 Å². The van der Waals surface area contributed by atoms with E-state index in [1.165, 1.54) is 0 Å². The van der Waals surface area contributed by atoms with Crippen LogP contribution in [0.15, 0.2) is 65.3 Å². The summed E-state index contributed by atoms with van der Waals surface area (Å²) < 4.78 is 2.68. The Morgan fingerprint density at radius 3 is 2.70 bits per heavy atom. The van der Waals surface area contributed by atoms with Gasteiger partial charge in [0.15, 0.2) is 5.82 Å². The zero-order chi connectivity index (χ0) is 16.2. The van der Waals surface area contributed by atoms with Crippen molar-refractivity contribution in [3.8, 4) is 0 Å². The van der Waals surface area contributed by atoms with Crippen molar-refractivity contribution < 1.29 is 4.79 Å². The van der Waals surface area contributed by atoms with Crippen LogP contribution in [0.5, 0.6) is 0 Å². The van der Waals surface area contributed by atoms with Crippen LogP contribution in [0.25, 0.3) is 0 Å². The fourth-order valence-electron chi connectivity index (χ4n) is 2.13. The number of halogens is 2. The molecular weight excluding hydrogens is 378 g/mol. The lowest BCUT2D eigenvalue weighted by atomic mass is 10.2. The SMILES string of the molecule is O=C(Nc1ccn(Cc2cccc(Cl)c2)n1)c1ccc(Br)cc1. The van der Waals surface area contributed by atoms with Gasteiger partial charge in [-0.25, -0.2) is 0 Å². The summed E-state index contributed by atoms with van der Waals surface area (Å²) in [6, 6.07) is 16.5. The number of carbonyl (C=O) groups excluding carboxylic acids is 1. The Hall–Kier alpha value is -2.11. The number of hydrogen-bond acceptors (Lipinski definition) is 2. The van der Waals surface area contributed by atoms with Crippen molar-refractivity contribution in [1.82, 2.24) is 9.78 Å². The number of carbonyl (C=O) groups is 1. The van der Waals surface area contributed by atoms with Crippen molar-refractivity contribution in [2.45, 2.75) is 6.54 Å². The fraction of sp³-hybridized carbons (Fsp3) is 0.0588. The van der Waals surface area contributed by atoms with E-state index in [1.807, 2.05) is 42.6 Å². The van der Waals surface area contributed by atoms with E-state index in [0.29, 0.717) is 22.9 Å². The molecule has 0 spiro atoms. The molecular formula is C17H13BrClN3O. The number of aromatic nitrogens is 2. The third-order valence-electron chi connectivity index (χ3n) is 3.22. The molecule has 1 heterocycles. The Bertz CT molecular complexity index is 830. The van der Waals surface area contributed by atoms with Crippen LogP contribution < -0.4 is 5.32 Å². The van der Waals surface area contributed by atoms with Crippen molar-refractivity contribution in [2.24, 2.45) is 0 Å². The first-order chi connectivity index (χ1) is 11.1. The molecule has 0 aliphatic heterocycles. The predicted molar refractivity (Wildman–Crippen MR) is 94.9 cm³/mol. The molecule has 4 nitrogen and oxygen atoms in total. The molecule has 0 saturated heterocycles. The minimum absolute atomic E-state index is 0.189. The Morgan fingerprint density at radius 1 is 1.17 bits per heavy atom. The molecule has 116 valence electrons. The third kappa shape index (κ3) is 4.21. The molecule has 0 fully saturated rings. The maximum atomic E-state index is 12.1. The maximum absolute atomic E-state index is 12.1. The minimum atomic E-state index is -0.189. The number of anilines is 1. The molecule has 0 aliphatic rings. The second-order valence-electron chi connectivity index (χ2n) is 4.99. The molecule has 23 heavy (non-hydrogen) atoms. The molecule has 0 radical (unpaired) electrons. The van der Waals surface area contributed by atoms with Gasteiger partial charge in [-0.3, -0.25) is 9.48 Å². The second-order valence-corrected chi connectivity index (χ2v) is 6.34. The zero-order valence-corrected chi connectivity index (χ0v) is 14.4. The topological polar surface area (TPSA) is 46.9 Å². The number of benzene rings is 2. The van der Waals surface area contributed by atoms with E-state index in [4.69, 9.17) is 11.6 Å². The van der Waals surface area contributed by atoms with E-state index >= 15 is 0 Å². The van der Waals surface area contributed by atoms with Gasteiger partial charge in [-0.2, -0.15) is 5.10 Å². The van der Waals surface area contributed by atoms with Crippen LogP contribution in [0.2, 0.25) is 5.02 Å². The number of nitrogens with one attached hydrogen (secondary N) is 1. The van der Waals surface area contributed by atoms with E-state index in [9.17, 15) is 4.79 Å². The molecule has 0 aliphatic carbocycles. The van der Waals surface area contributed by atoms with Gasteiger partial charge in [0, 0.05) is 27.3 Å². The summed E-state index contributed by atoms with van der Waals surface area (Å²) in [6.07, 6.45) is 1.82. The summed E-state index contributed by atoms with van der Waals surface area (Å²) in [7, 11) is 0. The molecule has 1 N–H and O–H groups in total. The quantitative estimate of drug-likeness (QED) is 0.708. The lowest BCUT2D eigenvalue weighted by molar-refractivity contribution is 0.102. The average molecular weight is 391 g/mol. The summed E-state index contributed by atoms with van der Waals surface area (Å²) >= 11 is 9.32. The predicted octanol–water partition coefficient (Wildman–Crippen LogP) is 4.60. The molecule has 0 atom stereocenters. The lowest BCUT2D eigenvalue weighted by Crippen LogP contribution is -2.12. The summed E-state index contributed by atoms with van der Waals surface area (Å²) in [5, 5.41) is 7.83. The van der Waals surface area contributed by atoms with Gasteiger partial charge in [0.25, 0.3) is 5.91 Å². The number of rotatable bonds is 4. The highest BCUT2D eigenvalue weighted by Crippen LogP contribution is 2.14. The highest BCUT2D eigenvalue weighted by molar-refractivity contribution is 9.10. The molecule has 3 aromatic rings. The van der Waals surface area contributed by atoms with Crippen LogP contribution in [0, 0.1) is 0 Å². The standard InChI is InChI=1S/C17H13BrClN3O/c18-14-6-4-13(5-7-14)17(23)20-16-8-9-22(21-16)11-12-2-1-3-15(19)10-12/h1-10H,11H2,(H,20,21,23). The summed E-state index contributed by atoms with van der Waals surface area (Å²) in [5.41, 5.74) is 1.63. The molecule has 0 unspecified atom stereocenters. The Balaban J connectivity index is 1.67. The summed E-state index contributed by atoms with van der Waals surface area (Å²) in [4.78, 5) is 12.1. The molecule has 0 bridgehead atoms. The van der Waals surface area contributed by atoms with Gasteiger partial charge >= 0.3 is 0 Å².